The number of nitrogens with zero attached hydrogens (tertiary/aromatic N) is 4. The Hall–Kier alpha value is -4.63. The molecule has 0 aliphatic rings. The number of likely N-dealkylation sites (N-methyl/N-ethyl adjacent to an activating group) is 1. The number of aromatic amines is 1. The van der Waals surface area contributed by atoms with Crippen molar-refractivity contribution in [2.24, 2.45) is 0 Å². The first-order valence-electron chi connectivity index (χ1n) is 9.80. The number of carbonyl (C=O) groups excluding carboxylic acids is 2. The molecule has 32 heavy (non-hydrogen) atoms. The Morgan fingerprint density at radius 1 is 1.22 bits per heavy atom. The molecule has 1 aromatic carbocycles. The molecular weight excluding hydrogens is 406 g/mol. The zero-order chi connectivity index (χ0) is 22.9. The molecule has 2 amide bonds. The third-order valence-electron chi connectivity index (χ3n) is 4.56. The van der Waals surface area contributed by atoms with Gasteiger partial charge in [-0.3, -0.25) is 14.7 Å². The van der Waals surface area contributed by atoms with Crippen molar-refractivity contribution < 1.29 is 9.59 Å². The second kappa shape index (κ2) is 10.4. The van der Waals surface area contributed by atoms with E-state index in [0.717, 1.165) is 0 Å². The molecule has 0 unspecified atom stereocenters. The average Bonchev–Trinajstić information content (AvgIpc) is 3.17. The van der Waals surface area contributed by atoms with E-state index in [1.54, 1.807) is 43.6 Å². The molecule has 9 nitrogen and oxygen atoms in total. The lowest BCUT2D eigenvalue weighted by Crippen LogP contribution is -2.37. The second-order valence-electron chi connectivity index (χ2n) is 6.90. The largest absolute Gasteiger partial charge is 0.381 e. The third kappa shape index (κ3) is 5.71. The van der Waals surface area contributed by atoms with Crippen molar-refractivity contribution in [2.75, 3.05) is 24.6 Å². The number of anilines is 2. The minimum Gasteiger partial charge on any atom is -0.381 e. The molecule has 3 rings (SSSR count). The average molecular weight is 427 g/mol. The van der Waals surface area contributed by atoms with Crippen molar-refractivity contribution in [3.63, 3.8) is 0 Å². The molecule has 4 N–H and O–H groups in total. The number of aromatic nitrogens is 3. The zero-order valence-corrected chi connectivity index (χ0v) is 17.4. The second-order valence-corrected chi connectivity index (χ2v) is 6.90. The van der Waals surface area contributed by atoms with E-state index < -0.39 is 11.8 Å². The van der Waals surface area contributed by atoms with Crippen LogP contribution in [0.2, 0.25) is 0 Å². The van der Waals surface area contributed by atoms with E-state index in [4.69, 9.17) is 11.0 Å². The van der Waals surface area contributed by atoms with Gasteiger partial charge in [-0.15, -0.1) is 0 Å². The third-order valence-corrected chi connectivity index (χ3v) is 4.56. The molecule has 160 valence electrons. The van der Waals surface area contributed by atoms with Gasteiger partial charge in [0.25, 0.3) is 0 Å². The van der Waals surface area contributed by atoms with Crippen LogP contribution in [0.25, 0.3) is 0 Å². The fraction of sp³-hybridized carbons (Fsp3) is 0.174. The van der Waals surface area contributed by atoms with E-state index >= 15 is 0 Å². The Morgan fingerprint density at radius 2 is 2.06 bits per heavy atom. The summed E-state index contributed by atoms with van der Waals surface area (Å²) in [5, 5.41) is 18.2. The van der Waals surface area contributed by atoms with Crippen LogP contribution in [0.3, 0.4) is 0 Å². The summed E-state index contributed by atoms with van der Waals surface area (Å²) >= 11 is 0. The monoisotopic (exact) mass is 427 g/mol. The highest BCUT2D eigenvalue weighted by Crippen LogP contribution is 2.14. The molecule has 2 heterocycles. The normalized spacial score (nSPS) is 9.88. The lowest BCUT2D eigenvalue weighted by atomic mass is 10.1. The molecule has 2 aromatic heterocycles. The van der Waals surface area contributed by atoms with Crippen molar-refractivity contribution in [2.45, 2.75) is 12.8 Å². The number of H-pyrrole nitrogens is 1. The summed E-state index contributed by atoms with van der Waals surface area (Å²) in [6, 6.07) is 14.4. The number of aryl methyl sites for hydroxylation is 1. The molecule has 0 bridgehead atoms. The Labute approximate surface area is 185 Å². The number of rotatable bonds is 5. The number of nitrogens with one attached hydrogen (secondary N) is 2. The first-order valence-corrected chi connectivity index (χ1v) is 9.80. The quantitative estimate of drug-likeness (QED) is 0.418. The first-order chi connectivity index (χ1) is 15.5. The van der Waals surface area contributed by atoms with E-state index in [2.05, 4.69) is 32.3 Å². The summed E-state index contributed by atoms with van der Waals surface area (Å²) in [6.45, 7) is 0.325. The standard InChI is InChI=1S/C23H21N7O2/c1-30(13-5-9-20-19(15-24)21(25)29-28-20)23(32)22(31)27-18-8-4-6-16(14-18)10-11-17-7-2-3-12-26-17/h2-4,6-8,12,14H,5,9,13H2,1H3,(H,27,31)(H3,25,28,29). The van der Waals surface area contributed by atoms with Crippen LogP contribution in [0.1, 0.15) is 28.9 Å². The highest BCUT2D eigenvalue weighted by atomic mass is 16.2. The van der Waals surface area contributed by atoms with Crippen molar-refractivity contribution in [1.82, 2.24) is 20.1 Å². The van der Waals surface area contributed by atoms with E-state index in [9.17, 15) is 9.59 Å². The number of pyridine rings is 1. The molecule has 0 radical (unpaired) electrons. The van der Waals surface area contributed by atoms with Gasteiger partial charge in [0.2, 0.25) is 0 Å². The number of benzene rings is 1. The van der Waals surface area contributed by atoms with Crippen molar-refractivity contribution in [1.29, 1.82) is 5.26 Å². The SMILES string of the molecule is CN(CCCc1[nH]nc(N)c1C#N)C(=O)C(=O)Nc1cccc(C#Cc2ccccn2)c1. The summed E-state index contributed by atoms with van der Waals surface area (Å²) in [7, 11) is 1.54. The number of nitrogen functional groups attached to an aromatic ring is 1. The van der Waals surface area contributed by atoms with Crippen LogP contribution >= 0.6 is 0 Å². The number of hydrogen-bond acceptors (Lipinski definition) is 6. The van der Waals surface area contributed by atoms with Gasteiger partial charge in [-0.2, -0.15) is 10.4 Å². The predicted octanol–water partition coefficient (Wildman–Crippen LogP) is 1.69. The highest BCUT2D eigenvalue weighted by molar-refractivity contribution is 6.39. The van der Waals surface area contributed by atoms with Gasteiger partial charge in [-0.05, 0) is 49.1 Å². The van der Waals surface area contributed by atoms with Gasteiger partial charge in [-0.25, -0.2) is 4.98 Å². The molecule has 9 heteroatoms. The first kappa shape index (κ1) is 22.1. The minimum absolute atomic E-state index is 0.151. The van der Waals surface area contributed by atoms with E-state index in [-0.39, 0.29) is 5.82 Å². The maximum absolute atomic E-state index is 12.4. The predicted molar refractivity (Wildman–Crippen MR) is 119 cm³/mol. The maximum Gasteiger partial charge on any atom is 0.313 e. The van der Waals surface area contributed by atoms with Gasteiger partial charge < -0.3 is 16.0 Å². The van der Waals surface area contributed by atoms with Crippen LogP contribution in [-0.2, 0) is 16.0 Å². The molecular formula is C23H21N7O2. The fourth-order valence-electron chi connectivity index (χ4n) is 2.90. The Balaban J connectivity index is 1.54. The van der Waals surface area contributed by atoms with E-state index in [0.29, 0.717) is 47.6 Å². The van der Waals surface area contributed by atoms with Crippen LogP contribution < -0.4 is 11.1 Å². The number of amides is 2. The van der Waals surface area contributed by atoms with E-state index in [1.165, 1.54) is 4.90 Å². The number of nitriles is 1. The van der Waals surface area contributed by atoms with Gasteiger partial charge >= 0.3 is 11.8 Å². The molecule has 0 aliphatic heterocycles. The molecule has 0 fully saturated rings. The summed E-state index contributed by atoms with van der Waals surface area (Å²) in [5.41, 5.74) is 8.32. The van der Waals surface area contributed by atoms with Crippen molar-refractivity contribution in [3.8, 4) is 17.9 Å². The summed E-state index contributed by atoms with van der Waals surface area (Å²) in [4.78, 5) is 30.2. The van der Waals surface area contributed by atoms with Crippen LogP contribution in [0.4, 0.5) is 11.5 Å². The molecule has 0 spiro atoms. The topological polar surface area (TPSA) is 141 Å². The lowest BCUT2D eigenvalue weighted by Gasteiger charge is -2.16. The van der Waals surface area contributed by atoms with E-state index in [1.807, 2.05) is 18.2 Å². The maximum atomic E-state index is 12.4. The Bertz CT molecular complexity index is 1220. The van der Waals surface area contributed by atoms with Crippen molar-refractivity contribution in [3.05, 3.63) is 71.2 Å². The lowest BCUT2D eigenvalue weighted by molar-refractivity contribution is -0.142. The van der Waals surface area contributed by atoms with Gasteiger partial charge in [-0.1, -0.05) is 18.1 Å². The molecule has 0 aliphatic carbocycles. The Kier molecular flexibility index (Phi) is 7.18. The number of carbonyl (C=O) groups is 2. The molecule has 0 saturated heterocycles. The molecule has 3 aromatic rings. The smallest absolute Gasteiger partial charge is 0.313 e. The van der Waals surface area contributed by atoms with Crippen LogP contribution in [0, 0.1) is 23.2 Å². The zero-order valence-electron chi connectivity index (χ0n) is 17.4. The fourth-order valence-corrected chi connectivity index (χ4v) is 2.90. The molecule has 0 atom stereocenters. The van der Waals surface area contributed by atoms with Crippen LogP contribution in [-0.4, -0.2) is 45.5 Å². The van der Waals surface area contributed by atoms with Crippen LogP contribution in [0.15, 0.2) is 48.7 Å². The van der Waals surface area contributed by atoms with Gasteiger partial charge in [0.15, 0.2) is 5.82 Å². The van der Waals surface area contributed by atoms with Crippen LogP contribution in [0.5, 0.6) is 0 Å². The highest BCUT2D eigenvalue weighted by Gasteiger charge is 2.19. The summed E-state index contributed by atoms with van der Waals surface area (Å²) in [6.07, 6.45) is 2.67. The Morgan fingerprint density at radius 3 is 2.81 bits per heavy atom. The molecule has 0 saturated carbocycles. The summed E-state index contributed by atoms with van der Waals surface area (Å²) < 4.78 is 0. The number of hydrogen-bond donors (Lipinski definition) is 3. The summed E-state index contributed by atoms with van der Waals surface area (Å²) in [5.74, 6) is 4.67. The van der Waals surface area contributed by atoms with Gasteiger partial charge in [0, 0.05) is 31.0 Å². The minimum atomic E-state index is -0.745. The van der Waals surface area contributed by atoms with Crippen molar-refractivity contribution >= 4 is 23.3 Å². The van der Waals surface area contributed by atoms with Gasteiger partial charge in [0.05, 0.1) is 5.69 Å². The van der Waals surface area contributed by atoms with Gasteiger partial charge in [0.1, 0.15) is 17.3 Å². The number of nitrogens with two attached hydrogens (primary N) is 1.